The van der Waals surface area contributed by atoms with Crippen molar-refractivity contribution < 1.29 is 4.79 Å². The summed E-state index contributed by atoms with van der Waals surface area (Å²) in [6.07, 6.45) is 1.66. The number of carbonyl (C=O) groups excluding carboxylic acids is 1. The predicted octanol–water partition coefficient (Wildman–Crippen LogP) is 2.82. The highest BCUT2D eigenvalue weighted by atomic mass is 16.1. The molecule has 0 radical (unpaired) electrons. The van der Waals surface area contributed by atoms with Gasteiger partial charge in [0.2, 0.25) is 5.91 Å². The number of nitrogens with zero attached hydrogens (tertiary/aromatic N) is 1. The summed E-state index contributed by atoms with van der Waals surface area (Å²) in [5.41, 5.74) is 1.00. The number of hydrogen-bond acceptors (Lipinski definition) is 2. The van der Waals surface area contributed by atoms with Crippen molar-refractivity contribution in [1.82, 2.24) is 4.98 Å². The smallest absolute Gasteiger partial charge is 0.232 e. The third-order valence-corrected chi connectivity index (χ3v) is 2.61. The topological polar surface area (TPSA) is 42.0 Å². The summed E-state index contributed by atoms with van der Waals surface area (Å²) in [6, 6.07) is 15.1. The van der Waals surface area contributed by atoms with E-state index in [0.717, 1.165) is 5.56 Å². The summed E-state index contributed by atoms with van der Waals surface area (Å²) < 4.78 is 0. The maximum absolute atomic E-state index is 12.0. The summed E-state index contributed by atoms with van der Waals surface area (Å²) >= 11 is 0. The van der Waals surface area contributed by atoms with E-state index in [1.807, 2.05) is 49.4 Å². The van der Waals surface area contributed by atoms with Crippen LogP contribution in [0.15, 0.2) is 54.7 Å². The molecule has 0 saturated heterocycles. The largest absolute Gasteiger partial charge is 0.310 e. The van der Waals surface area contributed by atoms with Gasteiger partial charge in [-0.2, -0.15) is 0 Å². The van der Waals surface area contributed by atoms with Gasteiger partial charge in [0.05, 0.1) is 5.92 Å². The molecule has 0 unspecified atom stereocenters. The van der Waals surface area contributed by atoms with Crippen molar-refractivity contribution in [2.45, 2.75) is 12.8 Å². The molecule has 86 valence electrons. The summed E-state index contributed by atoms with van der Waals surface area (Å²) in [4.78, 5) is 16.0. The normalized spacial score (nSPS) is 11.8. The minimum atomic E-state index is -0.182. The van der Waals surface area contributed by atoms with Crippen LogP contribution in [0.2, 0.25) is 0 Å². The van der Waals surface area contributed by atoms with E-state index in [1.54, 1.807) is 12.3 Å². The molecule has 0 aliphatic heterocycles. The maximum atomic E-state index is 12.0. The number of pyridine rings is 1. The molecule has 1 heterocycles. The Kier molecular flexibility index (Phi) is 3.50. The van der Waals surface area contributed by atoms with Crippen LogP contribution in [0.25, 0.3) is 0 Å². The maximum Gasteiger partial charge on any atom is 0.232 e. The van der Waals surface area contributed by atoms with Crippen molar-refractivity contribution in [3.8, 4) is 0 Å². The second-order valence-corrected chi connectivity index (χ2v) is 3.84. The third kappa shape index (κ3) is 2.91. The summed E-state index contributed by atoms with van der Waals surface area (Å²) in [6.45, 7) is 1.88. The fraction of sp³-hybridized carbons (Fsp3) is 0.143. The van der Waals surface area contributed by atoms with Crippen LogP contribution in [0.3, 0.4) is 0 Å². The van der Waals surface area contributed by atoms with Gasteiger partial charge in [-0.15, -0.1) is 0 Å². The second-order valence-electron chi connectivity index (χ2n) is 3.84. The molecule has 2 aromatic rings. The van der Waals surface area contributed by atoms with Crippen LogP contribution >= 0.6 is 0 Å². The Hall–Kier alpha value is -2.16. The fourth-order valence-corrected chi connectivity index (χ4v) is 1.56. The van der Waals surface area contributed by atoms with E-state index in [9.17, 15) is 4.79 Å². The van der Waals surface area contributed by atoms with Gasteiger partial charge in [0.1, 0.15) is 5.82 Å². The first-order chi connectivity index (χ1) is 8.27. The van der Waals surface area contributed by atoms with E-state index in [1.165, 1.54) is 0 Å². The standard InChI is InChI=1S/C14H14N2O/c1-11(12-7-3-2-4-8-12)14(17)16-13-9-5-6-10-15-13/h2-11H,1H3,(H,15,16,17)/t11-/m0/s1. The lowest BCUT2D eigenvalue weighted by atomic mass is 10.0. The highest BCUT2D eigenvalue weighted by Gasteiger charge is 2.14. The third-order valence-electron chi connectivity index (χ3n) is 2.61. The SMILES string of the molecule is C[C@H](C(=O)Nc1ccccn1)c1ccccc1. The number of amides is 1. The molecular formula is C14H14N2O. The summed E-state index contributed by atoms with van der Waals surface area (Å²) in [5, 5.41) is 2.79. The van der Waals surface area contributed by atoms with E-state index in [2.05, 4.69) is 10.3 Å². The van der Waals surface area contributed by atoms with Crippen LogP contribution in [-0.2, 0) is 4.79 Å². The molecule has 1 aromatic carbocycles. The van der Waals surface area contributed by atoms with Gasteiger partial charge in [-0.1, -0.05) is 36.4 Å². The minimum absolute atomic E-state index is 0.0464. The first kappa shape index (κ1) is 11.3. The number of benzene rings is 1. The Morgan fingerprint density at radius 2 is 1.82 bits per heavy atom. The predicted molar refractivity (Wildman–Crippen MR) is 67.7 cm³/mol. The van der Waals surface area contributed by atoms with Crippen LogP contribution in [0.4, 0.5) is 5.82 Å². The Morgan fingerprint density at radius 1 is 1.12 bits per heavy atom. The molecule has 1 atom stereocenters. The van der Waals surface area contributed by atoms with Gasteiger partial charge in [0, 0.05) is 6.20 Å². The highest BCUT2D eigenvalue weighted by molar-refractivity contribution is 5.94. The van der Waals surface area contributed by atoms with Gasteiger partial charge in [0.25, 0.3) is 0 Å². The van der Waals surface area contributed by atoms with Crippen LogP contribution in [0, 0.1) is 0 Å². The zero-order valence-corrected chi connectivity index (χ0v) is 9.63. The van der Waals surface area contributed by atoms with Crippen LogP contribution < -0.4 is 5.32 Å². The van der Waals surface area contributed by atoms with Gasteiger partial charge in [-0.05, 0) is 24.6 Å². The van der Waals surface area contributed by atoms with E-state index in [0.29, 0.717) is 5.82 Å². The number of rotatable bonds is 3. The number of nitrogens with one attached hydrogen (secondary N) is 1. The number of aromatic nitrogens is 1. The molecule has 0 saturated carbocycles. The number of carbonyl (C=O) groups is 1. The molecule has 1 amide bonds. The Morgan fingerprint density at radius 3 is 2.47 bits per heavy atom. The molecule has 3 heteroatoms. The van der Waals surface area contributed by atoms with Gasteiger partial charge in [-0.3, -0.25) is 4.79 Å². The lowest BCUT2D eigenvalue weighted by molar-refractivity contribution is -0.117. The lowest BCUT2D eigenvalue weighted by Crippen LogP contribution is -2.19. The first-order valence-electron chi connectivity index (χ1n) is 5.54. The van der Waals surface area contributed by atoms with Crippen molar-refractivity contribution in [1.29, 1.82) is 0 Å². The zero-order chi connectivity index (χ0) is 12.1. The molecule has 3 nitrogen and oxygen atoms in total. The van der Waals surface area contributed by atoms with Gasteiger partial charge in [-0.25, -0.2) is 4.98 Å². The van der Waals surface area contributed by atoms with Crippen molar-refractivity contribution in [3.63, 3.8) is 0 Å². The van der Waals surface area contributed by atoms with Crippen molar-refractivity contribution >= 4 is 11.7 Å². The van der Waals surface area contributed by atoms with Crippen molar-refractivity contribution in [2.24, 2.45) is 0 Å². The first-order valence-corrected chi connectivity index (χ1v) is 5.54. The quantitative estimate of drug-likeness (QED) is 0.874. The molecule has 17 heavy (non-hydrogen) atoms. The van der Waals surface area contributed by atoms with Crippen LogP contribution in [-0.4, -0.2) is 10.9 Å². The fourth-order valence-electron chi connectivity index (χ4n) is 1.56. The second kappa shape index (κ2) is 5.25. The Labute approximate surface area is 101 Å². The molecule has 0 aliphatic carbocycles. The minimum Gasteiger partial charge on any atom is -0.310 e. The molecule has 2 rings (SSSR count). The molecule has 1 N–H and O–H groups in total. The lowest BCUT2D eigenvalue weighted by Gasteiger charge is -2.11. The van der Waals surface area contributed by atoms with Gasteiger partial charge < -0.3 is 5.32 Å². The number of hydrogen-bond donors (Lipinski definition) is 1. The van der Waals surface area contributed by atoms with E-state index in [-0.39, 0.29) is 11.8 Å². The molecule has 1 aromatic heterocycles. The van der Waals surface area contributed by atoms with Crippen LogP contribution in [0.1, 0.15) is 18.4 Å². The summed E-state index contributed by atoms with van der Waals surface area (Å²) in [5.74, 6) is 0.355. The Balaban J connectivity index is 2.06. The van der Waals surface area contributed by atoms with E-state index < -0.39 is 0 Å². The molecule has 0 aliphatic rings. The molecular weight excluding hydrogens is 212 g/mol. The average Bonchev–Trinajstić information content (AvgIpc) is 2.40. The van der Waals surface area contributed by atoms with Crippen molar-refractivity contribution in [2.75, 3.05) is 5.32 Å². The van der Waals surface area contributed by atoms with E-state index >= 15 is 0 Å². The highest BCUT2D eigenvalue weighted by Crippen LogP contribution is 2.16. The molecule has 0 spiro atoms. The average molecular weight is 226 g/mol. The van der Waals surface area contributed by atoms with Gasteiger partial charge in [0.15, 0.2) is 0 Å². The van der Waals surface area contributed by atoms with Gasteiger partial charge >= 0.3 is 0 Å². The van der Waals surface area contributed by atoms with E-state index in [4.69, 9.17) is 0 Å². The van der Waals surface area contributed by atoms with Crippen LogP contribution in [0.5, 0.6) is 0 Å². The monoisotopic (exact) mass is 226 g/mol. The zero-order valence-electron chi connectivity index (χ0n) is 9.63. The Bertz CT molecular complexity index is 482. The molecule has 0 fully saturated rings. The van der Waals surface area contributed by atoms with Crippen molar-refractivity contribution in [3.05, 3.63) is 60.3 Å². The summed E-state index contributed by atoms with van der Waals surface area (Å²) in [7, 11) is 0. The number of anilines is 1. The molecule has 0 bridgehead atoms.